The maximum absolute atomic E-state index is 12.6. The zero-order valence-corrected chi connectivity index (χ0v) is 15.2. The maximum atomic E-state index is 12.6. The van der Waals surface area contributed by atoms with E-state index in [0.29, 0.717) is 0 Å². The lowest BCUT2D eigenvalue weighted by atomic mass is 9.99. The van der Waals surface area contributed by atoms with E-state index in [1.807, 2.05) is 0 Å². The van der Waals surface area contributed by atoms with E-state index in [0.717, 1.165) is 8.61 Å². The first-order valence-electron chi connectivity index (χ1n) is 7.23. The number of hydrogen-bond donors (Lipinski definition) is 1. The largest absolute Gasteiger partial charge is 0.481 e. The second-order valence-corrected chi connectivity index (χ2v) is 10.1. The van der Waals surface area contributed by atoms with Gasteiger partial charge in [0.15, 0.2) is 0 Å². The van der Waals surface area contributed by atoms with E-state index in [1.165, 1.54) is 38.4 Å². The molecule has 0 saturated carbocycles. The number of carboxylic acid groups (broad SMARTS) is 1. The van der Waals surface area contributed by atoms with Crippen LogP contribution >= 0.6 is 0 Å². The lowest BCUT2D eigenvalue weighted by molar-refractivity contribution is -0.142. The average Bonchev–Trinajstić information content (AvgIpc) is 2.90. The van der Waals surface area contributed by atoms with Crippen molar-refractivity contribution in [2.24, 2.45) is 11.8 Å². The third-order valence-electron chi connectivity index (χ3n) is 4.14. The van der Waals surface area contributed by atoms with Gasteiger partial charge >= 0.3 is 5.97 Å². The van der Waals surface area contributed by atoms with Crippen molar-refractivity contribution >= 4 is 26.0 Å². The van der Waals surface area contributed by atoms with E-state index < -0.39 is 31.9 Å². The Hall–Kier alpha value is -1.49. The van der Waals surface area contributed by atoms with Crippen molar-refractivity contribution in [2.75, 3.05) is 27.2 Å². The Morgan fingerprint density at radius 3 is 2.00 bits per heavy atom. The molecule has 1 heterocycles. The first-order valence-corrected chi connectivity index (χ1v) is 10.1. The molecule has 1 aliphatic rings. The Labute approximate surface area is 141 Å². The third kappa shape index (κ3) is 3.32. The van der Waals surface area contributed by atoms with Crippen LogP contribution in [0.5, 0.6) is 0 Å². The van der Waals surface area contributed by atoms with Crippen LogP contribution < -0.4 is 0 Å². The SMILES string of the molecule is C[C@@H]1CN(S(=O)(=O)c2ccc(S(=O)(=O)N(C)C)cc2)C[C@H]1C(=O)O. The van der Waals surface area contributed by atoms with Crippen LogP contribution in [0.3, 0.4) is 0 Å². The molecule has 0 amide bonds. The van der Waals surface area contributed by atoms with Crippen molar-refractivity contribution in [1.82, 2.24) is 8.61 Å². The Kier molecular flexibility index (Phi) is 5.05. The Morgan fingerprint density at radius 2 is 1.58 bits per heavy atom. The fourth-order valence-corrected chi connectivity index (χ4v) is 5.05. The fraction of sp³-hybridized carbons (Fsp3) is 0.500. The summed E-state index contributed by atoms with van der Waals surface area (Å²) in [6.45, 7) is 1.73. The number of carbonyl (C=O) groups is 1. The van der Waals surface area contributed by atoms with Crippen LogP contribution in [0.2, 0.25) is 0 Å². The van der Waals surface area contributed by atoms with Gasteiger partial charge in [-0.1, -0.05) is 6.92 Å². The first kappa shape index (κ1) is 18.8. The Balaban J connectivity index is 2.30. The van der Waals surface area contributed by atoms with Crippen LogP contribution in [0, 0.1) is 11.8 Å². The van der Waals surface area contributed by atoms with Crippen LogP contribution in [0.15, 0.2) is 34.1 Å². The van der Waals surface area contributed by atoms with Gasteiger partial charge < -0.3 is 5.11 Å². The van der Waals surface area contributed by atoms with Gasteiger partial charge in [-0.15, -0.1) is 0 Å². The highest BCUT2D eigenvalue weighted by Crippen LogP contribution is 2.29. The van der Waals surface area contributed by atoms with Crippen molar-refractivity contribution in [3.8, 4) is 0 Å². The minimum absolute atomic E-state index is 0.00958. The predicted octanol–water partition coefficient (Wildman–Crippen LogP) is 0.278. The van der Waals surface area contributed by atoms with Gasteiger partial charge in [-0.2, -0.15) is 4.31 Å². The molecule has 1 saturated heterocycles. The summed E-state index contributed by atoms with van der Waals surface area (Å²) in [6.07, 6.45) is 0. The highest BCUT2D eigenvalue weighted by molar-refractivity contribution is 7.89. The molecule has 8 nitrogen and oxygen atoms in total. The summed E-state index contributed by atoms with van der Waals surface area (Å²) in [5.41, 5.74) is 0. The molecular formula is C14H20N2O6S2. The van der Waals surface area contributed by atoms with Gasteiger partial charge in [0.2, 0.25) is 20.0 Å². The number of benzene rings is 1. The average molecular weight is 376 g/mol. The minimum Gasteiger partial charge on any atom is -0.481 e. The lowest BCUT2D eigenvalue weighted by Gasteiger charge is -2.17. The molecule has 0 unspecified atom stereocenters. The molecule has 1 aromatic carbocycles. The molecule has 24 heavy (non-hydrogen) atoms. The standard InChI is InChI=1S/C14H20N2O6S2/c1-10-8-16(9-13(10)14(17)18)24(21,22)12-6-4-11(5-7-12)23(19,20)15(2)3/h4-7,10,13H,8-9H2,1-3H3,(H,17,18)/t10-,13-/m1/s1. The Bertz CT molecular complexity index is 831. The molecule has 0 radical (unpaired) electrons. The molecule has 10 heteroatoms. The highest BCUT2D eigenvalue weighted by atomic mass is 32.2. The number of rotatable bonds is 5. The number of hydrogen-bond acceptors (Lipinski definition) is 5. The summed E-state index contributed by atoms with van der Waals surface area (Å²) in [6, 6.07) is 4.92. The monoisotopic (exact) mass is 376 g/mol. The van der Waals surface area contributed by atoms with E-state index in [9.17, 15) is 21.6 Å². The predicted molar refractivity (Wildman–Crippen MR) is 86.4 cm³/mol. The molecule has 2 rings (SSSR count). The smallest absolute Gasteiger partial charge is 0.308 e. The van der Waals surface area contributed by atoms with Crippen molar-refractivity contribution in [2.45, 2.75) is 16.7 Å². The zero-order valence-electron chi connectivity index (χ0n) is 13.6. The molecule has 1 fully saturated rings. The van der Waals surface area contributed by atoms with Gasteiger partial charge in [0, 0.05) is 27.2 Å². The van der Waals surface area contributed by atoms with Crippen molar-refractivity contribution in [3.63, 3.8) is 0 Å². The number of sulfonamides is 2. The lowest BCUT2D eigenvalue weighted by Crippen LogP contribution is -2.30. The van der Waals surface area contributed by atoms with Crippen molar-refractivity contribution in [1.29, 1.82) is 0 Å². The maximum Gasteiger partial charge on any atom is 0.308 e. The summed E-state index contributed by atoms with van der Waals surface area (Å²) >= 11 is 0. The van der Waals surface area contributed by atoms with Gasteiger partial charge in [-0.05, 0) is 30.2 Å². The molecule has 0 aromatic heterocycles. The summed E-state index contributed by atoms with van der Waals surface area (Å²) < 4.78 is 51.4. The third-order valence-corrected chi connectivity index (χ3v) is 7.81. The zero-order chi connectivity index (χ0) is 18.3. The summed E-state index contributed by atoms with van der Waals surface area (Å²) in [7, 11) is -4.73. The second kappa shape index (κ2) is 6.43. The van der Waals surface area contributed by atoms with Crippen molar-refractivity contribution in [3.05, 3.63) is 24.3 Å². The van der Waals surface area contributed by atoms with E-state index in [2.05, 4.69) is 0 Å². The van der Waals surface area contributed by atoms with Gasteiger partial charge in [-0.3, -0.25) is 4.79 Å². The molecular weight excluding hydrogens is 356 g/mol. The highest BCUT2D eigenvalue weighted by Gasteiger charge is 2.40. The number of aliphatic carboxylic acids is 1. The van der Waals surface area contributed by atoms with E-state index in [4.69, 9.17) is 5.11 Å². The fourth-order valence-electron chi connectivity index (χ4n) is 2.58. The normalized spacial score (nSPS) is 22.8. The van der Waals surface area contributed by atoms with Crippen LogP contribution in [-0.2, 0) is 24.8 Å². The molecule has 1 N–H and O–H groups in total. The van der Waals surface area contributed by atoms with Gasteiger partial charge in [-0.25, -0.2) is 21.1 Å². The van der Waals surface area contributed by atoms with Gasteiger partial charge in [0.05, 0.1) is 15.7 Å². The molecule has 0 aliphatic carbocycles. The topological polar surface area (TPSA) is 112 Å². The molecule has 0 bridgehead atoms. The molecule has 0 spiro atoms. The number of nitrogens with zero attached hydrogens (tertiary/aromatic N) is 2. The van der Waals surface area contributed by atoms with Crippen LogP contribution in [0.25, 0.3) is 0 Å². The van der Waals surface area contributed by atoms with Crippen molar-refractivity contribution < 1.29 is 26.7 Å². The minimum atomic E-state index is -3.86. The summed E-state index contributed by atoms with van der Waals surface area (Å²) in [5.74, 6) is -2.05. The molecule has 134 valence electrons. The quantitative estimate of drug-likeness (QED) is 0.790. The van der Waals surface area contributed by atoms with E-state index in [-0.39, 0.29) is 28.8 Å². The van der Waals surface area contributed by atoms with Gasteiger partial charge in [0.1, 0.15) is 0 Å². The summed E-state index contributed by atoms with van der Waals surface area (Å²) in [5, 5.41) is 9.12. The summed E-state index contributed by atoms with van der Waals surface area (Å²) in [4.78, 5) is 11.1. The second-order valence-electron chi connectivity index (χ2n) is 6.00. The van der Waals surface area contributed by atoms with Crippen LogP contribution in [0.4, 0.5) is 0 Å². The van der Waals surface area contributed by atoms with E-state index >= 15 is 0 Å². The van der Waals surface area contributed by atoms with E-state index in [1.54, 1.807) is 6.92 Å². The van der Waals surface area contributed by atoms with Gasteiger partial charge in [0.25, 0.3) is 0 Å². The van der Waals surface area contributed by atoms with Crippen LogP contribution in [0.1, 0.15) is 6.92 Å². The Morgan fingerprint density at radius 1 is 1.08 bits per heavy atom. The van der Waals surface area contributed by atoms with Crippen LogP contribution in [-0.4, -0.2) is 63.7 Å². The first-order chi connectivity index (χ1) is 11.0. The number of carboxylic acids is 1. The molecule has 1 aliphatic heterocycles. The molecule has 1 aromatic rings. The molecule has 2 atom stereocenters.